The van der Waals surface area contributed by atoms with Gasteiger partial charge in [0.25, 0.3) is 0 Å². The molecule has 1 atom stereocenters. The predicted octanol–water partition coefficient (Wildman–Crippen LogP) is 4.01. The van der Waals surface area contributed by atoms with E-state index in [9.17, 15) is 13.2 Å². The normalized spacial score (nSPS) is 27.3. The quantitative estimate of drug-likeness (QED) is 0.603. The number of hydrogen-bond donors (Lipinski definition) is 2. The molecule has 0 amide bonds. The molecule has 0 radical (unpaired) electrons. The van der Waals surface area contributed by atoms with Gasteiger partial charge in [-0.15, -0.1) is 0 Å². The molecular formula is C14H27F3N2. The van der Waals surface area contributed by atoms with E-state index in [2.05, 4.69) is 26.2 Å². The summed E-state index contributed by atoms with van der Waals surface area (Å²) in [6.45, 7) is 6.50. The van der Waals surface area contributed by atoms with Gasteiger partial charge < -0.3 is 0 Å². The van der Waals surface area contributed by atoms with E-state index in [1.807, 2.05) is 0 Å². The Kier molecular flexibility index (Phi) is 5.68. The second-order valence-corrected chi connectivity index (χ2v) is 7.03. The molecule has 0 spiro atoms. The van der Waals surface area contributed by atoms with Crippen LogP contribution in [-0.2, 0) is 0 Å². The fourth-order valence-corrected chi connectivity index (χ4v) is 2.89. The molecule has 0 aromatic heterocycles. The van der Waals surface area contributed by atoms with Crippen molar-refractivity contribution >= 4 is 0 Å². The minimum absolute atomic E-state index is 0.147. The van der Waals surface area contributed by atoms with Crippen LogP contribution >= 0.6 is 0 Å². The highest BCUT2D eigenvalue weighted by Crippen LogP contribution is 2.41. The van der Waals surface area contributed by atoms with Crippen LogP contribution < -0.4 is 11.3 Å². The van der Waals surface area contributed by atoms with Crippen molar-refractivity contribution < 1.29 is 13.2 Å². The zero-order valence-electron chi connectivity index (χ0n) is 12.2. The second-order valence-electron chi connectivity index (χ2n) is 7.03. The summed E-state index contributed by atoms with van der Waals surface area (Å²) in [5, 5.41) is 0. The first-order valence-corrected chi connectivity index (χ1v) is 7.16. The van der Waals surface area contributed by atoms with Crippen LogP contribution in [0.25, 0.3) is 0 Å². The van der Waals surface area contributed by atoms with Crippen LogP contribution in [0, 0.1) is 17.3 Å². The first-order chi connectivity index (χ1) is 8.63. The van der Waals surface area contributed by atoms with Crippen LogP contribution in [-0.4, -0.2) is 12.2 Å². The van der Waals surface area contributed by atoms with E-state index in [0.29, 0.717) is 12.8 Å². The van der Waals surface area contributed by atoms with Crippen molar-refractivity contribution in [3.05, 3.63) is 0 Å². The molecule has 0 bridgehead atoms. The summed E-state index contributed by atoms with van der Waals surface area (Å²) in [6, 6.07) is 0.147. The lowest BCUT2D eigenvalue weighted by molar-refractivity contribution is -0.184. The molecular weight excluding hydrogens is 253 g/mol. The van der Waals surface area contributed by atoms with E-state index in [-0.39, 0.29) is 30.2 Å². The topological polar surface area (TPSA) is 38.0 Å². The fourth-order valence-electron chi connectivity index (χ4n) is 2.89. The summed E-state index contributed by atoms with van der Waals surface area (Å²) in [4.78, 5) is 0. The van der Waals surface area contributed by atoms with Gasteiger partial charge in [-0.1, -0.05) is 20.8 Å². The Bertz CT molecular complexity index is 263. The minimum atomic E-state index is -4.03. The van der Waals surface area contributed by atoms with Crippen molar-refractivity contribution in [3.63, 3.8) is 0 Å². The largest absolute Gasteiger partial charge is 0.391 e. The lowest BCUT2D eigenvalue weighted by Crippen LogP contribution is -2.43. The smallest absolute Gasteiger partial charge is 0.271 e. The monoisotopic (exact) mass is 280 g/mol. The summed E-state index contributed by atoms with van der Waals surface area (Å²) in [5.41, 5.74) is 3.05. The molecule has 0 saturated heterocycles. The Morgan fingerprint density at radius 2 is 1.63 bits per heavy atom. The summed E-state index contributed by atoms with van der Waals surface area (Å²) in [7, 11) is 0. The van der Waals surface area contributed by atoms with E-state index < -0.39 is 12.1 Å². The molecule has 0 aliphatic heterocycles. The van der Waals surface area contributed by atoms with E-state index in [0.717, 1.165) is 12.8 Å². The molecule has 0 heterocycles. The van der Waals surface area contributed by atoms with Crippen molar-refractivity contribution in [2.45, 2.75) is 71.5 Å². The first kappa shape index (κ1) is 16.8. The summed E-state index contributed by atoms with van der Waals surface area (Å²) in [6.07, 6.45) is -0.305. The average molecular weight is 280 g/mol. The van der Waals surface area contributed by atoms with Gasteiger partial charge in [-0.05, 0) is 49.9 Å². The van der Waals surface area contributed by atoms with Gasteiger partial charge in [-0.2, -0.15) is 13.2 Å². The van der Waals surface area contributed by atoms with E-state index in [4.69, 9.17) is 5.84 Å². The highest BCUT2D eigenvalue weighted by Gasteiger charge is 2.42. The van der Waals surface area contributed by atoms with Gasteiger partial charge in [0.05, 0.1) is 5.92 Å². The average Bonchev–Trinajstić information content (AvgIpc) is 2.28. The molecule has 1 unspecified atom stereocenters. The highest BCUT2D eigenvalue weighted by molar-refractivity contribution is 4.84. The van der Waals surface area contributed by atoms with Gasteiger partial charge in [0.1, 0.15) is 0 Å². The molecule has 1 fully saturated rings. The van der Waals surface area contributed by atoms with Gasteiger partial charge >= 0.3 is 6.18 Å². The van der Waals surface area contributed by atoms with Crippen molar-refractivity contribution in [1.29, 1.82) is 0 Å². The predicted molar refractivity (Wildman–Crippen MR) is 71.3 cm³/mol. The fraction of sp³-hybridized carbons (Fsp3) is 1.00. The minimum Gasteiger partial charge on any atom is -0.271 e. The maximum atomic E-state index is 12.6. The highest BCUT2D eigenvalue weighted by atomic mass is 19.4. The van der Waals surface area contributed by atoms with Crippen LogP contribution in [0.2, 0.25) is 0 Å². The molecule has 0 aromatic carbocycles. The molecule has 1 saturated carbocycles. The lowest BCUT2D eigenvalue weighted by Gasteiger charge is -2.35. The zero-order chi connectivity index (χ0) is 14.7. The first-order valence-electron chi connectivity index (χ1n) is 7.16. The van der Waals surface area contributed by atoms with Crippen LogP contribution in [0.1, 0.15) is 59.3 Å². The van der Waals surface area contributed by atoms with Crippen molar-refractivity contribution in [3.8, 4) is 0 Å². The van der Waals surface area contributed by atoms with Gasteiger partial charge in [-0.3, -0.25) is 11.3 Å². The molecule has 1 aliphatic rings. The third-order valence-electron chi connectivity index (χ3n) is 4.22. The third kappa shape index (κ3) is 5.69. The van der Waals surface area contributed by atoms with E-state index in [1.165, 1.54) is 0 Å². The van der Waals surface area contributed by atoms with Gasteiger partial charge in [0, 0.05) is 6.04 Å². The molecule has 0 aromatic rings. The molecule has 1 rings (SSSR count). The Morgan fingerprint density at radius 3 is 2.00 bits per heavy atom. The molecule has 1 aliphatic carbocycles. The summed E-state index contributed by atoms with van der Waals surface area (Å²) >= 11 is 0. The summed E-state index contributed by atoms with van der Waals surface area (Å²) < 4.78 is 37.8. The molecule has 114 valence electrons. The Labute approximate surface area is 114 Å². The van der Waals surface area contributed by atoms with E-state index in [1.54, 1.807) is 0 Å². The maximum absolute atomic E-state index is 12.6. The second kappa shape index (κ2) is 6.44. The van der Waals surface area contributed by atoms with Gasteiger partial charge in [-0.25, -0.2) is 0 Å². The number of nitrogens with two attached hydrogens (primary N) is 1. The Hall–Kier alpha value is -0.290. The van der Waals surface area contributed by atoms with Gasteiger partial charge in [0.2, 0.25) is 0 Å². The van der Waals surface area contributed by atoms with Crippen LogP contribution in [0.5, 0.6) is 0 Å². The maximum Gasteiger partial charge on any atom is 0.391 e. The Balaban J connectivity index is 2.44. The number of rotatable bonds is 4. The molecule has 3 N–H and O–H groups in total. The number of alkyl halides is 3. The van der Waals surface area contributed by atoms with Crippen LogP contribution in [0.3, 0.4) is 0 Å². The van der Waals surface area contributed by atoms with Gasteiger partial charge in [0.15, 0.2) is 0 Å². The molecule has 5 heteroatoms. The summed E-state index contributed by atoms with van der Waals surface area (Å²) in [5.74, 6) is 4.76. The molecule has 2 nitrogen and oxygen atoms in total. The number of hydrazine groups is 1. The number of halogens is 3. The van der Waals surface area contributed by atoms with Crippen LogP contribution in [0.4, 0.5) is 13.2 Å². The Morgan fingerprint density at radius 1 is 1.11 bits per heavy atom. The SMILES string of the molecule is CC(C)(C)CCC(NN)C1CCC(C(F)(F)F)CC1. The number of hydrogen-bond acceptors (Lipinski definition) is 2. The van der Waals surface area contributed by atoms with Crippen molar-refractivity contribution in [2.75, 3.05) is 0 Å². The third-order valence-corrected chi connectivity index (χ3v) is 4.22. The van der Waals surface area contributed by atoms with E-state index >= 15 is 0 Å². The standard InChI is InChI=1S/C14H27F3N2/c1-13(2,3)9-8-12(19-18)10-4-6-11(7-5-10)14(15,16)17/h10-12,19H,4-9,18H2,1-3H3. The van der Waals surface area contributed by atoms with Crippen LogP contribution in [0.15, 0.2) is 0 Å². The number of nitrogens with one attached hydrogen (secondary N) is 1. The van der Waals surface area contributed by atoms with Crippen molar-refractivity contribution in [2.24, 2.45) is 23.1 Å². The zero-order valence-corrected chi connectivity index (χ0v) is 12.2. The molecule has 19 heavy (non-hydrogen) atoms. The lowest BCUT2D eigenvalue weighted by atomic mass is 9.76. The van der Waals surface area contributed by atoms with Crippen molar-refractivity contribution in [1.82, 2.24) is 5.43 Å².